The molecule has 0 spiro atoms. The van der Waals surface area contributed by atoms with Crippen molar-refractivity contribution in [3.63, 3.8) is 0 Å². The lowest BCUT2D eigenvalue weighted by Gasteiger charge is -2.12. The fraction of sp³-hybridized carbons (Fsp3) is 0.462. The van der Waals surface area contributed by atoms with Gasteiger partial charge in [-0.15, -0.1) is 0 Å². The molecule has 2 atom stereocenters. The first kappa shape index (κ1) is 11.1. The van der Waals surface area contributed by atoms with Gasteiger partial charge in [0.25, 0.3) is 0 Å². The lowest BCUT2D eigenvalue weighted by Crippen LogP contribution is -2.28. The van der Waals surface area contributed by atoms with Crippen LogP contribution in [0.5, 0.6) is 0 Å². The van der Waals surface area contributed by atoms with Gasteiger partial charge in [-0.25, -0.2) is 0 Å². The third kappa shape index (κ3) is 2.83. The van der Waals surface area contributed by atoms with Crippen molar-refractivity contribution < 1.29 is 4.79 Å². The number of nitrogens with two attached hydrogens (primary N) is 1. The van der Waals surface area contributed by atoms with Crippen LogP contribution in [0.25, 0.3) is 0 Å². The van der Waals surface area contributed by atoms with Crippen molar-refractivity contribution in [3.05, 3.63) is 35.9 Å². The molecular formula is C13H18N2O. The molecule has 16 heavy (non-hydrogen) atoms. The molecule has 2 rings (SSSR count). The number of nitrogens with one attached hydrogen (secondary N) is 1. The summed E-state index contributed by atoms with van der Waals surface area (Å²) in [5.74, 6) is -0.0720. The van der Waals surface area contributed by atoms with Gasteiger partial charge in [0, 0.05) is 18.5 Å². The number of benzene rings is 1. The van der Waals surface area contributed by atoms with Crippen LogP contribution in [0.3, 0.4) is 0 Å². The van der Waals surface area contributed by atoms with Crippen molar-refractivity contribution in [2.45, 2.75) is 31.8 Å². The molecule has 3 nitrogen and oxygen atoms in total. The smallest absolute Gasteiger partial charge is 0.220 e. The molecule has 0 radical (unpaired) electrons. The Hall–Kier alpha value is -1.35. The lowest BCUT2D eigenvalue weighted by atomic mass is 10.1. The SMILES string of the molecule is NC(=O)[C@H]1CC[C@@H](NCc2ccccc2)C1. The molecular weight excluding hydrogens is 200 g/mol. The fourth-order valence-electron chi connectivity index (χ4n) is 2.28. The van der Waals surface area contributed by atoms with E-state index in [1.807, 2.05) is 18.2 Å². The highest BCUT2D eigenvalue weighted by Crippen LogP contribution is 2.25. The Labute approximate surface area is 96.0 Å². The second-order valence-corrected chi connectivity index (χ2v) is 4.48. The highest BCUT2D eigenvalue weighted by molar-refractivity contribution is 5.76. The van der Waals surface area contributed by atoms with E-state index in [4.69, 9.17) is 5.73 Å². The summed E-state index contributed by atoms with van der Waals surface area (Å²) >= 11 is 0. The minimum Gasteiger partial charge on any atom is -0.369 e. The van der Waals surface area contributed by atoms with Gasteiger partial charge in [0.1, 0.15) is 0 Å². The Balaban J connectivity index is 1.78. The van der Waals surface area contributed by atoms with Gasteiger partial charge >= 0.3 is 0 Å². The third-order valence-electron chi connectivity index (χ3n) is 3.27. The number of rotatable bonds is 4. The maximum Gasteiger partial charge on any atom is 0.220 e. The quantitative estimate of drug-likeness (QED) is 0.803. The van der Waals surface area contributed by atoms with E-state index in [1.54, 1.807) is 0 Å². The first-order valence-electron chi connectivity index (χ1n) is 5.82. The van der Waals surface area contributed by atoms with Gasteiger partial charge in [-0.05, 0) is 24.8 Å². The number of carbonyl (C=O) groups excluding carboxylic acids is 1. The third-order valence-corrected chi connectivity index (χ3v) is 3.27. The normalized spacial score (nSPS) is 24.5. The summed E-state index contributed by atoms with van der Waals surface area (Å²) in [5.41, 5.74) is 6.58. The average Bonchev–Trinajstić information content (AvgIpc) is 2.76. The van der Waals surface area contributed by atoms with Gasteiger partial charge in [-0.1, -0.05) is 30.3 Å². The largest absolute Gasteiger partial charge is 0.369 e. The Kier molecular flexibility index (Phi) is 3.57. The van der Waals surface area contributed by atoms with Crippen LogP contribution in [-0.4, -0.2) is 11.9 Å². The molecule has 0 unspecified atom stereocenters. The molecule has 1 saturated carbocycles. The van der Waals surface area contributed by atoms with E-state index >= 15 is 0 Å². The number of amides is 1. The summed E-state index contributed by atoms with van der Waals surface area (Å²) in [6.45, 7) is 0.872. The Bertz CT molecular complexity index is 350. The van der Waals surface area contributed by atoms with Crippen molar-refractivity contribution in [2.75, 3.05) is 0 Å². The monoisotopic (exact) mass is 218 g/mol. The van der Waals surface area contributed by atoms with E-state index in [-0.39, 0.29) is 11.8 Å². The number of hydrogen-bond acceptors (Lipinski definition) is 2. The molecule has 1 fully saturated rings. The molecule has 0 aromatic heterocycles. The van der Waals surface area contributed by atoms with E-state index in [9.17, 15) is 4.79 Å². The molecule has 1 aromatic carbocycles. The number of carbonyl (C=O) groups is 1. The molecule has 3 N–H and O–H groups in total. The van der Waals surface area contributed by atoms with Gasteiger partial charge < -0.3 is 11.1 Å². The molecule has 0 heterocycles. The zero-order chi connectivity index (χ0) is 11.4. The lowest BCUT2D eigenvalue weighted by molar-refractivity contribution is -0.121. The van der Waals surface area contributed by atoms with Crippen molar-refractivity contribution in [1.82, 2.24) is 5.32 Å². The second-order valence-electron chi connectivity index (χ2n) is 4.48. The van der Waals surface area contributed by atoms with Crippen molar-refractivity contribution in [3.8, 4) is 0 Å². The molecule has 1 amide bonds. The summed E-state index contributed by atoms with van der Waals surface area (Å²) in [5, 5.41) is 3.47. The van der Waals surface area contributed by atoms with Crippen LogP contribution in [0, 0.1) is 5.92 Å². The minimum absolute atomic E-state index is 0.0771. The Morgan fingerprint density at radius 2 is 2.06 bits per heavy atom. The molecule has 3 heteroatoms. The van der Waals surface area contributed by atoms with Gasteiger partial charge in [-0.3, -0.25) is 4.79 Å². The van der Waals surface area contributed by atoms with Gasteiger partial charge in [-0.2, -0.15) is 0 Å². The van der Waals surface area contributed by atoms with Crippen LogP contribution in [0.4, 0.5) is 0 Å². The molecule has 0 saturated heterocycles. The zero-order valence-electron chi connectivity index (χ0n) is 9.36. The first-order valence-corrected chi connectivity index (χ1v) is 5.82. The highest BCUT2D eigenvalue weighted by Gasteiger charge is 2.27. The van der Waals surface area contributed by atoms with Crippen molar-refractivity contribution in [2.24, 2.45) is 11.7 Å². The summed E-state index contributed by atoms with van der Waals surface area (Å²) in [4.78, 5) is 11.0. The van der Waals surface area contributed by atoms with Crippen LogP contribution in [-0.2, 0) is 11.3 Å². The van der Waals surface area contributed by atoms with Crippen molar-refractivity contribution in [1.29, 1.82) is 0 Å². The Morgan fingerprint density at radius 3 is 2.69 bits per heavy atom. The van der Waals surface area contributed by atoms with E-state index in [1.165, 1.54) is 5.56 Å². The van der Waals surface area contributed by atoms with Crippen LogP contribution in [0.1, 0.15) is 24.8 Å². The maximum atomic E-state index is 11.0. The molecule has 1 aliphatic carbocycles. The standard InChI is InChI=1S/C13H18N2O/c14-13(16)11-6-7-12(8-11)15-9-10-4-2-1-3-5-10/h1-5,11-12,15H,6-9H2,(H2,14,16)/t11-,12+/m0/s1. The van der Waals surface area contributed by atoms with Crippen LogP contribution >= 0.6 is 0 Å². The molecule has 0 bridgehead atoms. The number of hydrogen-bond donors (Lipinski definition) is 2. The highest BCUT2D eigenvalue weighted by atomic mass is 16.1. The zero-order valence-corrected chi connectivity index (χ0v) is 9.36. The van der Waals surface area contributed by atoms with Crippen LogP contribution < -0.4 is 11.1 Å². The van der Waals surface area contributed by atoms with Crippen LogP contribution in [0.15, 0.2) is 30.3 Å². The Morgan fingerprint density at radius 1 is 1.31 bits per heavy atom. The average molecular weight is 218 g/mol. The second kappa shape index (κ2) is 5.12. The van der Waals surface area contributed by atoms with E-state index in [2.05, 4.69) is 17.4 Å². The summed E-state index contributed by atoms with van der Waals surface area (Å²) in [6.07, 6.45) is 2.88. The fourth-order valence-corrected chi connectivity index (χ4v) is 2.28. The minimum atomic E-state index is -0.149. The summed E-state index contributed by atoms with van der Waals surface area (Å²) in [7, 11) is 0. The molecule has 0 aliphatic heterocycles. The van der Waals surface area contributed by atoms with E-state index in [0.29, 0.717) is 6.04 Å². The van der Waals surface area contributed by atoms with E-state index in [0.717, 1.165) is 25.8 Å². The van der Waals surface area contributed by atoms with Crippen LogP contribution in [0.2, 0.25) is 0 Å². The first-order chi connectivity index (χ1) is 7.75. The maximum absolute atomic E-state index is 11.0. The molecule has 1 aliphatic rings. The van der Waals surface area contributed by atoms with Crippen molar-refractivity contribution >= 4 is 5.91 Å². The molecule has 86 valence electrons. The van der Waals surface area contributed by atoms with E-state index < -0.39 is 0 Å². The predicted molar refractivity (Wildman–Crippen MR) is 63.6 cm³/mol. The predicted octanol–water partition coefficient (Wildman–Crippen LogP) is 1.43. The van der Waals surface area contributed by atoms with Gasteiger partial charge in [0.05, 0.1) is 0 Å². The van der Waals surface area contributed by atoms with Gasteiger partial charge in [0.15, 0.2) is 0 Å². The summed E-state index contributed by atoms with van der Waals surface area (Å²) in [6, 6.07) is 10.7. The number of primary amides is 1. The summed E-state index contributed by atoms with van der Waals surface area (Å²) < 4.78 is 0. The molecule has 1 aromatic rings. The van der Waals surface area contributed by atoms with Gasteiger partial charge in [0.2, 0.25) is 5.91 Å². The topological polar surface area (TPSA) is 55.1 Å².